The van der Waals surface area contributed by atoms with E-state index in [1.54, 1.807) is 0 Å². The molecule has 0 nitrogen and oxygen atoms in total. The zero-order chi connectivity index (χ0) is 7.78. The topological polar surface area (TPSA) is 0 Å². The lowest BCUT2D eigenvalue weighted by Gasteiger charge is -2.24. The Labute approximate surface area is 64.3 Å². The fraction of sp³-hybridized carbons (Fsp3) is 0.800. The average molecular weight is 138 g/mol. The van der Waals surface area contributed by atoms with Gasteiger partial charge in [-0.2, -0.15) is 0 Å². The van der Waals surface area contributed by atoms with Gasteiger partial charge in [-0.3, -0.25) is 0 Å². The van der Waals surface area contributed by atoms with E-state index in [0.29, 0.717) is 5.41 Å². The summed E-state index contributed by atoms with van der Waals surface area (Å²) < 4.78 is 0. The van der Waals surface area contributed by atoms with E-state index in [0.717, 1.165) is 5.92 Å². The fourth-order valence-corrected chi connectivity index (χ4v) is 1.22. The lowest BCUT2D eigenvalue weighted by Crippen LogP contribution is -2.12. The van der Waals surface area contributed by atoms with Crippen molar-refractivity contribution in [2.75, 3.05) is 0 Å². The Balaban J connectivity index is 2.40. The van der Waals surface area contributed by atoms with Crippen LogP contribution in [0.15, 0.2) is 12.2 Å². The molecule has 1 saturated carbocycles. The minimum Gasteiger partial charge on any atom is -0.0996 e. The zero-order valence-electron chi connectivity index (χ0n) is 7.41. The van der Waals surface area contributed by atoms with Crippen molar-refractivity contribution >= 4 is 0 Å². The summed E-state index contributed by atoms with van der Waals surface area (Å²) in [6.07, 6.45) is 4.26. The van der Waals surface area contributed by atoms with Gasteiger partial charge >= 0.3 is 0 Å². The van der Waals surface area contributed by atoms with Crippen LogP contribution < -0.4 is 0 Å². The van der Waals surface area contributed by atoms with E-state index in [9.17, 15) is 0 Å². The zero-order valence-corrected chi connectivity index (χ0v) is 7.41. The summed E-state index contributed by atoms with van der Waals surface area (Å²) >= 11 is 0. The molecule has 0 heteroatoms. The molecule has 0 heterocycles. The molecule has 0 spiro atoms. The molecule has 0 aromatic carbocycles. The normalized spacial score (nSPS) is 19.1. The van der Waals surface area contributed by atoms with Crippen LogP contribution in [0.1, 0.15) is 40.0 Å². The molecule has 1 aliphatic rings. The second-order valence-corrected chi connectivity index (χ2v) is 4.31. The van der Waals surface area contributed by atoms with Crippen molar-refractivity contribution in [2.45, 2.75) is 40.0 Å². The van der Waals surface area contributed by atoms with Gasteiger partial charge in [-0.05, 0) is 24.7 Å². The number of allylic oxidation sites excluding steroid dienone is 1. The maximum absolute atomic E-state index is 4.01. The molecule has 0 aliphatic heterocycles. The van der Waals surface area contributed by atoms with E-state index in [4.69, 9.17) is 0 Å². The van der Waals surface area contributed by atoms with Crippen LogP contribution >= 0.6 is 0 Å². The first-order valence-corrected chi connectivity index (χ1v) is 4.18. The fourth-order valence-electron chi connectivity index (χ4n) is 1.22. The highest BCUT2D eigenvalue weighted by atomic mass is 14.3. The van der Waals surface area contributed by atoms with Crippen molar-refractivity contribution in [3.05, 3.63) is 12.2 Å². The summed E-state index contributed by atoms with van der Waals surface area (Å²) in [6.45, 7) is 10.7. The molecule has 0 atom stereocenters. The van der Waals surface area contributed by atoms with Gasteiger partial charge in [0, 0.05) is 0 Å². The molecule has 0 aromatic heterocycles. The third kappa shape index (κ3) is 1.86. The molecular formula is C10H18. The number of rotatable bonds is 3. The van der Waals surface area contributed by atoms with Crippen LogP contribution in [0.3, 0.4) is 0 Å². The van der Waals surface area contributed by atoms with Crippen molar-refractivity contribution in [3.8, 4) is 0 Å². The highest BCUT2D eigenvalue weighted by Crippen LogP contribution is 2.42. The standard InChI is InChI=1S/C10H18/c1-8(2)10(3,4)7-9-5-6-9/h9H,1,5-7H2,2-4H3. The van der Waals surface area contributed by atoms with Crippen molar-refractivity contribution in [3.63, 3.8) is 0 Å². The van der Waals surface area contributed by atoms with Gasteiger partial charge in [-0.15, -0.1) is 0 Å². The minimum atomic E-state index is 0.390. The Morgan fingerprint density at radius 3 is 2.30 bits per heavy atom. The van der Waals surface area contributed by atoms with Gasteiger partial charge in [-0.1, -0.05) is 38.8 Å². The predicted octanol–water partition coefficient (Wildman–Crippen LogP) is 3.39. The lowest BCUT2D eigenvalue weighted by molar-refractivity contribution is 0.383. The van der Waals surface area contributed by atoms with Crippen molar-refractivity contribution < 1.29 is 0 Å². The first-order valence-electron chi connectivity index (χ1n) is 4.18. The van der Waals surface area contributed by atoms with Gasteiger partial charge in [0.15, 0.2) is 0 Å². The number of hydrogen-bond acceptors (Lipinski definition) is 0. The number of hydrogen-bond donors (Lipinski definition) is 0. The first kappa shape index (κ1) is 7.84. The van der Waals surface area contributed by atoms with Crippen LogP contribution in [-0.2, 0) is 0 Å². The van der Waals surface area contributed by atoms with E-state index >= 15 is 0 Å². The van der Waals surface area contributed by atoms with Crippen LogP contribution in [0.25, 0.3) is 0 Å². The van der Waals surface area contributed by atoms with Gasteiger partial charge in [0.1, 0.15) is 0 Å². The SMILES string of the molecule is C=C(C)C(C)(C)CC1CC1. The Morgan fingerprint density at radius 1 is 1.50 bits per heavy atom. The molecule has 0 radical (unpaired) electrons. The highest BCUT2D eigenvalue weighted by Gasteiger charge is 2.30. The molecule has 58 valence electrons. The highest BCUT2D eigenvalue weighted by molar-refractivity contribution is 5.04. The molecule has 1 rings (SSSR count). The Bertz CT molecular complexity index is 138. The third-order valence-electron chi connectivity index (χ3n) is 2.65. The minimum absolute atomic E-state index is 0.390. The summed E-state index contributed by atoms with van der Waals surface area (Å²) in [7, 11) is 0. The summed E-state index contributed by atoms with van der Waals surface area (Å²) in [5.74, 6) is 1.02. The Kier molecular flexibility index (Phi) is 1.89. The summed E-state index contributed by atoms with van der Waals surface area (Å²) in [5, 5.41) is 0. The Hall–Kier alpha value is -0.260. The molecule has 0 N–H and O–H groups in total. The first-order chi connectivity index (χ1) is 4.52. The maximum Gasteiger partial charge on any atom is -0.0147 e. The summed E-state index contributed by atoms with van der Waals surface area (Å²) in [6, 6.07) is 0. The van der Waals surface area contributed by atoms with Gasteiger partial charge in [0.25, 0.3) is 0 Å². The van der Waals surface area contributed by atoms with E-state index in [1.807, 2.05) is 0 Å². The molecule has 1 fully saturated rings. The third-order valence-corrected chi connectivity index (χ3v) is 2.65. The van der Waals surface area contributed by atoms with Crippen LogP contribution in [-0.4, -0.2) is 0 Å². The maximum atomic E-state index is 4.01. The van der Waals surface area contributed by atoms with Gasteiger partial charge < -0.3 is 0 Å². The summed E-state index contributed by atoms with van der Waals surface area (Å²) in [4.78, 5) is 0. The molecule has 0 unspecified atom stereocenters. The molecule has 10 heavy (non-hydrogen) atoms. The van der Waals surface area contributed by atoms with Gasteiger partial charge in [0.2, 0.25) is 0 Å². The second kappa shape index (κ2) is 2.41. The van der Waals surface area contributed by atoms with Crippen LogP contribution in [0, 0.1) is 11.3 Å². The average Bonchev–Trinajstić information content (AvgIpc) is 2.48. The smallest absolute Gasteiger partial charge is 0.0147 e. The van der Waals surface area contributed by atoms with Crippen LogP contribution in [0.5, 0.6) is 0 Å². The molecular weight excluding hydrogens is 120 g/mol. The van der Waals surface area contributed by atoms with Crippen molar-refractivity contribution in [1.29, 1.82) is 0 Å². The molecule has 0 saturated heterocycles. The van der Waals surface area contributed by atoms with Crippen LogP contribution in [0.2, 0.25) is 0 Å². The van der Waals surface area contributed by atoms with E-state index in [1.165, 1.54) is 24.8 Å². The van der Waals surface area contributed by atoms with Gasteiger partial charge in [0.05, 0.1) is 0 Å². The Morgan fingerprint density at radius 2 is 2.00 bits per heavy atom. The van der Waals surface area contributed by atoms with Crippen molar-refractivity contribution in [2.24, 2.45) is 11.3 Å². The van der Waals surface area contributed by atoms with Crippen molar-refractivity contribution in [1.82, 2.24) is 0 Å². The van der Waals surface area contributed by atoms with E-state index < -0.39 is 0 Å². The second-order valence-electron chi connectivity index (χ2n) is 4.31. The van der Waals surface area contributed by atoms with E-state index in [-0.39, 0.29) is 0 Å². The molecule has 0 aromatic rings. The monoisotopic (exact) mass is 138 g/mol. The van der Waals surface area contributed by atoms with Gasteiger partial charge in [-0.25, -0.2) is 0 Å². The lowest BCUT2D eigenvalue weighted by atomic mass is 9.81. The largest absolute Gasteiger partial charge is 0.0996 e. The quantitative estimate of drug-likeness (QED) is 0.524. The van der Waals surface area contributed by atoms with E-state index in [2.05, 4.69) is 27.4 Å². The predicted molar refractivity (Wildman–Crippen MR) is 45.9 cm³/mol. The summed E-state index contributed by atoms with van der Waals surface area (Å²) in [5.41, 5.74) is 1.72. The molecule has 0 bridgehead atoms. The van der Waals surface area contributed by atoms with Crippen LogP contribution in [0.4, 0.5) is 0 Å². The molecule has 0 amide bonds. The molecule has 1 aliphatic carbocycles.